The van der Waals surface area contributed by atoms with Crippen LogP contribution < -0.4 is 11.3 Å². The molecular formula is C8H17N3O. The lowest BCUT2D eigenvalue weighted by molar-refractivity contribution is 0.191. The number of hydrogen-bond acceptors (Lipinski definition) is 2. The summed E-state index contributed by atoms with van der Waals surface area (Å²) < 4.78 is 0. The quantitative estimate of drug-likeness (QED) is 0.346. The summed E-state index contributed by atoms with van der Waals surface area (Å²) in [6.45, 7) is 5.09. The standard InChI is InChI=1S/C8H17N3O/c1-3-7-4-6(2)5-11(7)8(12)10-9/h6-7H,3-5,9H2,1-2H3,(H,10,12). The van der Waals surface area contributed by atoms with Gasteiger partial charge in [0.05, 0.1) is 0 Å². The number of hydrogen-bond donors (Lipinski definition) is 2. The van der Waals surface area contributed by atoms with E-state index in [0.717, 1.165) is 19.4 Å². The van der Waals surface area contributed by atoms with Crippen molar-refractivity contribution in [3.05, 3.63) is 0 Å². The first kappa shape index (κ1) is 9.32. The normalized spacial score (nSPS) is 29.1. The Hall–Kier alpha value is -0.770. The second-order valence-corrected chi connectivity index (χ2v) is 3.50. The molecule has 1 aliphatic heterocycles. The van der Waals surface area contributed by atoms with E-state index < -0.39 is 0 Å². The first-order chi connectivity index (χ1) is 5.69. The second-order valence-electron chi connectivity index (χ2n) is 3.50. The summed E-state index contributed by atoms with van der Waals surface area (Å²) in [5, 5.41) is 0. The lowest BCUT2D eigenvalue weighted by atomic mass is 10.1. The molecule has 0 bridgehead atoms. The molecule has 4 heteroatoms. The molecule has 12 heavy (non-hydrogen) atoms. The van der Waals surface area contributed by atoms with Crippen LogP contribution in [0.4, 0.5) is 4.79 Å². The molecule has 1 saturated heterocycles. The minimum absolute atomic E-state index is 0.147. The van der Waals surface area contributed by atoms with Gasteiger partial charge in [0, 0.05) is 12.6 Å². The molecular weight excluding hydrogens is 154 g/mol. The van der Waals surface area contributed by atoms with E-state index >= 15 is 0 Å². The molecule has 2 amide bonds. The maximum Gasteiger partial charge on any atom is 0.331 e. The molecule has 70 valence electrons. The van der Waals surface area contributed by atoms with Crippen LogP contribution >= 0.6 is 0 Å². The van der Waals surface area contributed by atoms with Gasteiger partial charge in [0.2, 0.25) is 0 Å². The number of nitrogens with two attached hydrogens (primary N) is 1. The zero-order valence-electron chi connectivity index (χ0n) is 7.71. The van der Waals surface area contributed by atoms with Crippen molar-refractivity contribution in [2.45, 2.75) is 32.7 Å². The van der Waals surface area contributed by atoms with Crippen LogP contribution in [0.2, 0.25) is 0 Å². The van der Waals surface area contributed by atoms with Crippen LogP contribution in [-0.2, 0) is 0 Å². The average molecular weight is 171 g/mol. The monoisotopic (exact) mass is 171 g/mol. The Balaban J connectivity index is 2.57. The highest BCUT2D eigenvalue weighted by atomic mass is 16.2. The molecule has 4 nitrogen and oxygen atoms in total. The summed E-state index contributed by atoms with van der Waals surface area (Å²) in [5.41, 5.74) is 2.18. The Morgan fingerprint density at radius 1 is 1.75 bits per heavy atom. The Morgan fingerprint density at radius 3 is 2.92 bits per heavy atom. The first-order valence-electron chi connectivity index (χ1n) is 4.46. The van der Waals surface area contributed by atoms with Gasteiger partial charge in [-0.15, -0.1) is 0 Å². The fraction of sp³-hybridized carbons (Fsp3) is 0.875. The van der Waals surface area contributed by atoms with Gasteiger partial charge in [-0.05, 0) is 18.8 Å². The van der Waals surface area contributed by atoms with Crippen LogP contribution in [0.3, 0.4) is 0 Å². The number of carbonyl (C=O) groups excluding carboxylic acids is 1. The highest BCUT2D eigenvalue weighted by Gasteiger charge is 2.31. The van der Waals surface area contributed by atoms with Crippen molar-refractivity contribution in [2.24, 2.45) is 11.8 Å². The summed E-state index contributed by atoms with van der Waals surface area (Å²) in [5.74, 6) is 5.68. The number of hydrazine groups is 1. The fourth-order valence-electron chi connectivity index (χ4n) is 1.87. The van der Waals surface area contributed by atoms with Crippen molar-refractivity contribution in [3.63, 3.8) is 0 Å². The van der Waals surface area contributed by atoms with Crippen molar-refractivity contribution in [1.82, 2.24) is 10.3 Å². The molecule has 0 aromatic heterocycles. The molecule has 2 unspecified atom stereocenters. The van der Waals surface area contributed by atoms with Crippen LogP contribution in [0.5, 0.6) is 0 Å². The molecule has 1 rings (SSSR count). The Labute approximate surface area is 73.1 Å². The Morgan fingerprint density at radius 2 is 2.42 bits per heavy atom. The molecule has 0 saturated carbocycles. The van der Waals surface area contributed by atoms with Crippen LogP contribution in [0.1, 0.15) is 26.7 Å². The topological polar surface area (TPSA) is 58.4 Å². The molecule has 1 fully saturated rings. The van der Waals surface area contributed by atoms with E-state index in [1.807, 2.05) is 4.90 Å². The number of carbonyl (C=O) groups is 1. The van der Waals surface area contributed by atoms with Crippen molar-refractivity contribution < 1.29 is 4.79 Å². The zero-order chi connectivity index (χ0) is 9.14. The number of nitrogens with one attached hydrogen (secondary N) is 1. The van der Waals surface area contributed by atoms with Crippen LogP contribution in [0, 0.1) is 5.92 Å². The number of rotatable bonds is 1. The number of amides is 2. The van der Waals surface area contributed by atoms with Gasteiger partial charge in [0.1, 0.15) is 0 Å². The molecule has 0 aromatic rings. The molecule has 1 aliphatic rings. The summed E-state index contributed by atoms with van der Waals surface area (Å²) >= 11 is 0. The van der Waals surface area contributed by atoms with Gasteiger partial charge in [-0.3, -0.25) is 5.43 Å². The minimum atomic E-state index is -0.147. The first-order valence-corrected chi connectivity index (χ1v) is 4.46. The van der Waals surface area contributed by atoms with Gasteiger partial charge in [-0.25, -0.2) is 10.6 Å². The average Bonchev–Trinajstić information content (AvgIpc) is 2.45. The van der Waals surface area contributed by atoms with Crippen LogP contribution in [0.25, 0.3) is 0 Å². The van der Waals surface area contributed by atoms with E-state index in [0.29, 0.717) is 12.0 Å². The van der Waals surface area contributed by atoms with Crippen molar-refractivity contribution in [3.8, 4) is 0 Å². The fourth-order valence-corrected chi connectivity index (χ4v) is 1.87. The SMILES string of the molecule is CCC1CC(C)CN1C(=O)NN. The molecule has 0 aromatic carbocycles. The predicted molar refractivity (Wildman–Crippen MR) is 47.3 cm³/mol. The summed E-state index contributed by atoms with van der Waals surface area (Å²) in [6, 6.07) is 0.231. The van der Waals surface area contributed by atoms with E-state index in [1.54, 1.807) is 0 Å². The van der Waals surface area contributed by atoms with Crippen molar-refractivity contribution >= 4 is 6.03 Å². The van der Waals surface area contributed by atoms with Crippen LogP contribution in [-0.4, -0.2) is 23.5 Å². The van der Waals surface area contributed by atoms with Crippen molar-refractivity contribution in [2.75, 3.05) is 6.54 Å². The lowest BCUT2D eigenvalue weighted by Gasteiger charge is -2.22. The van der Waals surface area contributed by atoms with E-state index in [9.17, 15) is 4.79 Å². The Kier molecular flexibility index (Phi) is 2.92. The molecule has 0 aliphatic carbocycles. The van der Waals surface area contributed by atoms with Gasteiger partial charge in [0.15, 0.2) is 0 Å². The van der Waals surface area contributed by atoms with E-state index in [1.165, 1.54) is 0 Å². The summed E-state index contributed by atoms with van der Waals surface area (Å²) in [7, 11) is 0. The van der Waals surface area contributed by atoms with Gasteiger partial charge in [-0.2, -0.15) is 0 Å². The van der Waals surface area contributed by atoms with Gasteiger partial charge in [0.25, 0.3) is 0 Å². The third kappa shape index (κ3) is 1.69. The second kappa shape index (κ2) is 3.76. The molecule has 1 heterocycles. The van der Waals surface area contributed by atoms with E-state index in [-0.39, 0.29) is 6.03 Å². The minimum Gasteiger partial charge on any atom is -0.320 e. The van der Waals surface area contributed by atoms with Gasteiger partial charge < -0.3 is 4.90 Å². The smallest absolute Gasteiger partial charge is 0.320 e. The molecule has 0 radical (unpaired) electrons. The van der Waals surface area contributed by atoms with Gasteiger partial charge >= 0.3 is 6.03 Å². The van der Waals surface area contributed by atoms with E-state index in [4.69, 9.17) is 5.84 Å². The lowest BCUT2D eigenvalue weighted by Crippen LogP contribution is -2.45. The summed E-state index contributed by atoms with van der Waals surface area (Å²) in [4.78, 5) is 13.0. The maximum absolute atomic E-state index is 11.2. The van der Waals surface area contributed by atoms with Gasteiger partial charge in [-0.1, -0.05) is 13.8 Å². The third-order valence-electron chi connectivity index (χ3n) is 2.48. The third-order valence-corrected chi connectivity index (χ3v) is 2.48. The maximum atomic E-state index is 11.2. The Bertz CT molecular complexity index is 172. The predicted octanol–water partition coefficient (Wildman–Crippen LogP) is 0.690. The highest BCUT2D eigenvalue weighted by molar-refractivity contribution is 5.74. The zero-order valence-corrected chi connectivity index (χ0v) is 7.71. The number of nitrogens with zero attached hydrogens (tertiary/aromatic N) is 1. The number of likely N-dealkylation sites (tertiary alicyclic amines) is 1. The van der Waals surface area contributed by atoms with E-state index in [2.05, 4.69) is 19.3 Å². The summed E-state index contributed by atoms with van der Waals surface area (Å²) in [6.07, 6.45) is 2.11. The molecule has 2 atom stereocenters. The highest BCUT2D eigenvalue weighted by Crippen LogP contribution is 2.24. The number of urea groups is 1. The van der Waals surface area contributed by atoms with Crippen LogP contribution in [0.15, 0.2) is 0 Å². The largest absolute Gasteiger partial charge is 0.331 e. The molecule has 0 spiro atoms. The van der Waals surface area contributed by atoms with Crippen molar-refractivity contribution in [1.29, 1.82) is 0 Å². The molecule has 3 N–H and O–H groups in total.